The Kier molecular flexibility index (Phi) is 3.46. The Labute approximate surface area is 110 Å². The first-order valence-electron chi connectivity index (χ1n) is 6.06. The van der Waals surface area contributed by atoms with Crippen molar-refractivity contribution in [3.05, 3.63) is 35.6 Å². The van der Waals surface area contributed by atoms with E-state index in [1.807, 2.05) is 0 Å². The highest BCUT2D eigenvalue weighted by molar-refractivity contribution is 6.09. The van der Waals surface area contributed by atoms with Gasteiger partial charge in [0.1, 0.15) is 5.82 Å². The van der Waals surface area contributed by atoms with Crippen LogP contribution >= 0.6 is 0 Å². The number of carbonyl (C=O) groups excluding carboxylic acids is 3. The maximum Gasteiger partial charge on any atom is 0.233 e. The zero-order chi connectivity index (χ0) is 14.2. The zero-order valence-electron chi connectivity index (χ0n) is 10.7. The molecule has 0 saturated carbocycles. The summed E-state index contributed by atoms with van der Waals surface area (Å²) in [6.07, 6.45) is 0. The van der Waals surface area contributed by atoms with Gasteiger partial charge in [0.25, 0.3) is 0 Å². The second-order valence-electron chi connectivity index (χ2n) is 4.77. The van der Waals surface area contributed by atoms with Gasteiger partial charge in [-0.15, -0.1) is 0 Å². The molecular formula is C14H14FNO3. The van der Waals surface area contributed by atoms with E-state index in [1.54, 1.807) is 13.8 Å². The monoisotopic (exact) mass is 263 g/mol. The quantitative estimate of drug-likeness (QED) is 0.615. The average molecular weight is 263 g/mol. The maximum absolute atomic E-state index is 12.8. The molecule has 1 saturated heterocycles. The summed E-state index contributed by atoms with van der Waals surface area (Å²) in [4.78, 5) is 36.6. The van der Waals surface area contributed by atoms with Crippen molar-refractivity contribution in [1.82, 2.24) is 4.90 Å². The molecule has 2 atom stereocenters. The second kappa shape index (κ2) is 4.91. The maximum atomic E-state index is 12.8. The molecule has 0 spiro atoms. The van der Waals surface area contributed by atoms with Crippen molar-refractivity contribution in [1.29, 1.82) is 0 Å². The Bertz CT molecular complexity index is 518. The van der Waals surface area contributed by atoms with Crippen molar-refractivity contribution in [2.45, 2.75) is 13.8 Å². The fourth-order valence-electron chi connectivity index (χ4n) is 2.05. The van der Waals surface area contributed by atoms with Gasteiger partial charge in [0.15, 0.2) is 5.78 Å². The van der Waals surface area contributed by atoms with E-state index in [2.05, 4.69) is 0 Å². The third-order valence-electron chi connectivity index (χ3n) is 3.53. The molecule has 2 amide bonds. The van der Waals surface area contributed by atoms with Gasteiger partial charge in [-0.25, -0.2) is 4.39 Å². The van der Waals surface area contributed by atoms with Crippen LogP contribution in [0.4, 0.5) is 4.39 Å². The van der Waals surface area contributed by atoms with Crippen LogP contribution in [0, 0.1) is 17.7 Å². The van der Waals surface area contributed by atoms with Crippen LogP contribution in [0.2, 0.25) is 0 Å². The van der Waals surface area contributed by atoms with E-state index in [4.69, 9.17) is 0 Å². The Balaban J connectivity index is 2.13. The van der Waals surface area contributed by atoms with Crippen LogP contribution in [0.25, 0.3) is 0 Å². The SMILES string of the molecule is CC1C(=O)N(CC(=O)c2ccc(F)cc2)C(=O)C1C. The van der Waals surface area contributed by atoms with E-state index in [0.717, 1.165) is 4.90 Å². The first kappa shape index (κ1) is 13.4. The minimum absolute atomic E-state index is 0.280. The summed E-state index contributed by atoms with van der Waals surface area (Å²) in [5, 5.41) is 0. The van der Waals surface area contributed by atoms with Crippen molar-refractivity contribution >= 4 is 17.6 Å². The standard InChI is InChI=1S/C14H14FNO3/c1-8-9(2)14(19)16(13(8)18)7-12(17)10-3-5-11(15)6-4-10/h3-6,8-9H,7H2,1-2H3. The molecule has 4 nitrogen and oxygen atoms in total. The summed E-state index contributed by atoms with van der Waals surface area (Å²) >= 11 is 0. The largest absolute Gasteiger partial charge is 0.292 e. The van der Waals surface area contributed by atoms with Gasteiger partial charge in [0.2, 0.25) is 11.8 Å². The highest BCUT2D eigenvalue weighted by atomic mass is 19.1. The lowest BCUT2D eigenvalue weighted by Crippen LogP contribution is -2.35. The molecule has 0 aromatic heterocycles. The van der Waals surface area contributed by atoms with Crippen LogP contribution < -0.4 is 0 Å². The lowest BCUT2D eigenvalue weighted by Gasteiger charge is -2.13. The summed E-state index contributed by atoms with van der Waals surface area (Å²) in [6.45, 7) is 3.07. The molecule has 1 aliphatic rings. The summed E-state index contributed by atoms with van der Waals surface area (Å²) in [5.74, 6) is -2.25. The lowest BCUT2D eigenvalue weighted by molar-refractivity contribution is -0.139. The number of halogens is 1. The highest BCUT2D eigenvalue weighted by Crippen LogP contribution is 2.25. The molecule has 19 heavy (non-hydrogen) atoms. The third-order valence-corrected chi connectivity index (χ3v) is 3.53. The van der Waals surface area contributed by atoms with Gasteiger partial charge in [-0.3, -0.25) is 19.3 Å². The van der Waals surface area contributed by atoms with Crippen LogP contribution in [-0.2, 0) is 9.59 Å². The van der Waals surface area contributed by atoms with E-state index in [9.17, 15) is 18.8 Å². The van der Waals surface area contributed by atoms with Gasteiger partial charge in [-0.1, -0.05) is 13.8 Å². The van der Waals surface area contributed by atoms with Crippen molar-refractivity contribution in [2.75, 3.05) is 6.54 Å². The average Bonchev–Trinajstić information content (AvgIpc) is 2.57. The van der Waals surface area contributed by atoms with E-state index < -0.39 is 17.7 Å². The normalized spacial score (nSPS) is 23.0. The van der Waals surface area contributed by atoms with Crippen molar-refractivity contribution < 1.29 is 18.8 Å². The molecule has 1 aliphatic heterocycles. The van der Waals surface area contributed by atoms with Crippen LogP contribution in [0.3, 0.4) is 0 Å². The number of amides is 2. The number of rotatable bonds is 3. The smallest absolute Gasteiger partial charge is 0.233 e. The number of benzene rings is 1. The topological polar surface area (TPSA) is 54.5 Å². The summed E-state index contributed by atoms with van der Waals surface area (Å²) < 4.78 is 12.8. The van der Waals surface area contributed by atoms with Gasteiger partial charge in [0, 0.05) is 17.4 Å². The number of ketones is 1. The molecule has 1 heterocycles. The number of imide groups is 1. The van der Waals surface area contributed by atoms with E-state index in [0.29, 0.717) is 0 Å². The van der Waals surface area contributed by atoms with Gasteiger partial charge in [0.05, 0.1) is 6.54 Å². The number of carbonyl (C=O) groups is 3. The molecule has 0 N–H and O–H groups in total. The minimum atomic E-state index is -0.438. The summed E-state index contributed by atoms with van der Waals surface area (Å²) in [7, 11) is 0. The lowest BCUT2D eigenvalue weighted by atomic mass is 10.00. The van der Waals surface area contributed by atoms with Gasteiger partial charge >= 0.3 is 0 Å². The van der Waals surface area contributed by atoms with Crippen LogP contribution in [0.5, 0.6) is 0 Å². The molecule has 0 bridgehead atoms. The Hall–Kier alpha value is -2.04. The minimum Gasteiger partial charge on any atom is -0.292 e. The fraction of sp³-hybridized carbons (Fsp3) is 0.357. The van der Waals surface area contributed by atoms with Crippen molar-refractivity contribution in [2.24, 2.45) is 11.8 Å². The number of nitrogens with zero attached hydrogens (tertiary/aromatic N) is 1. The predicted octanol–water partition coefficient (Wildman–Crippen LogP) is 1.65. The molecular weight excluding hydrogens is 249 g/mol. The van der Waals surface area contributed by atoms with Crippen LogP contribution in [0.1, 0.15) is 24.2 Å². The third kappa shape index (κ3) is 2.41. The molecule has 100 valence electrons. The Morgan fingerprint density at radius 3 is 2.05 bits per heavy atom. The number of hydrogen-bond acceptors (Lipinski definition) is 3. The summed E-state index contributed by atoms with van der Waals surface area (Å²) in [6, 6.07) is 5.03. The van der Waals surface area contributed by atoms with E-state index in [1.165, 1.54) is 24.3 Å². The molecule has 1 fully saturated rings. The van der Waals surface area contributed by atoms with Crippen molar-refractivity contribution in [3.8, 4) is 0 Å². The molecule has 1 aromatic rings. The van der Waals surface area contributed by atoms with Crippen LogP contribution in [-0.4, -0.2) is 29.0 Å². The van der Waals surface area contributed by atoms with Gasteiger partial charge < -0.3 is 0 Å². The van der Waals surface area contributed by atoms with Gasteiger partial charge in [-0.2, -0.15) is 0 Å². The first-order valence-corrected chi connectivity index (χ1v) is 6.06. The molecule has 0 radical (unpaired) electrons. The first-order chi connectivity index (χ1) is 8.91. The molecule has 1 aromatic carbocycles. The molecule has 5 heteroatoms. The van der Waals surface area contributed by atoms with E-state index in [-0.39, 0.29) is 29.7 Å². The molecule has 2 unspecified atom stereocenters. The van der Waals surface area contributed by atoms with Crippen molar-refractivity contribution in [3.63, 3.8) is 0 Å². The number of hydrogen-bond donors (Lipinski definition) is 0. The molecule has 2 rings (SSSR count). The van der Waals surface area contributed by atoms with Gasteiger partial charge in [-0.05, 0) is 24.3 Å². The zero-order valence-corrected chi connectivity index (χ0v) is 10.7. The Morgan fingerprint density at radius 1 is 1.11 bits per heavy atom. The van der Waals surface area contributed by atoms with E-state index >= 15 is 0 Å². The van der Waals surface area contributed by atoms with Crippen LogP contribution in [0.15, 0.2) is 24.3 Å². The number of Topliss-reactive ketones (excluding diaryl/α,β-unsaturated/α-hetero) is 1. The Morgan fingerprint density at radius 2 is 1.58 bits per heavy atom. The number of likely N-dealkylation sites (tertiary alicyclic amines) is 1. The second-order valence-corrected chi connectivity index (χ2v) is 4.77. The highest BCUT2D eigenvalue weighted by Gasteiger charge is 2.42. The summed E-state index contributed by atoms with van der Waals surface area (Å²) in [5.41, 5.74) is 0.286. The fourth-order valence-corrected chi connectivity index (χ4v) is 2.05. The molecule has 0 aliphatic carbocycles. The predicted molar refractivity (Wildman–Crippen MR) is 65.8 cm³/mol.